The van der Waals surface area contributed by atoms with E-state index in [0.29, 0.717) is 19.0 Å². The van der Waals surface area contributed by atoms with Crippen LogP contribution in [-0.4, -0.2) is 55.5 Å². The number of benzene rings is 2. The highest BCUT2D eigenvalue weighted by atomic mass is 19.1. The van der Waals surface area contributed by atoms with Gasteiger partial charge in [-0.3, -0.25) is 9.59 Å². The van der Waals surface area contributed by atoms with E-state index in [1.165, 1.54) is 36.8 Å². The van der Waals surface area contributed by atoms with E-state index < -0.39 is 6.04 Å². The van der Waals surface area contributed by atoms with E-state index in [2.05, 4.69) is 93.2 Å². The van der Waals surface area contributed by atoms with E-state index in [1.54, 1.807) is 6.07 Å². The van der Waals surface area contributed by atoms with E-state index >= 15 is 0 Å². The maximum Gasteiger partial charge on any atom is 0.243 e. The molecule has 2 aromatic carbocycles. The predicted octanol–water partition coefficient (Wildman–Crippen LogP) is 8.95. The summed E-state index contributed by atoms with van der Waals surface area (Å²) in [6.07, 6.45) is 11.8. The predicted molar refractivity (Wildman–Crippen MR) is 211 cm³/mol. The van der Waals surface area contributed by atoms with Crippen molar-refractivity contribution in [2.75, 3.05) is 32.7 Å². The van der Waals surface area contributed by atoms with Gasteiger partial charge in [0.05, 0.1) is 6.54 Å². The van der Waals surface area contributed by atoms with Gasteiger partial charge in [-0.1, -0.05) is 117 Å². The summed E-state index contributed by atoms with van der Waals surface area (Å²) in [5, 5.41) is 9.13. The van der Waals surface area contributed by atoms with E-state index in [4.69, 9.17) is 0 Å². The molecule has 0 aliphatic carbocycles. The number of nitrogens with one attached hydrogen (secondary N) is 3. The molecule has 7 heteroatoms. The molecule has 1 aliphatic heterocycles. The zero-order valence-electron chi connectivity index (χ0n) is 32.9. The Morgan fingerprint density at radius 2 is 1.54 bits per heavy atom. The second kappa shape index (κ2) is 26.6. The number of hydrogen-bond donors (Lipinski definition) is 3. The van der Waals surface area contributed by atoms with Crippen LogP contribution in [0.2, 0.25) is 0 Å². The summed E-state index contributed by atoms with van der Waals surface area (Å²) in [6, 6.07) is 13.6. The Kier molecular flexibility index (Phi) is 23.8. The maximum atomic E-state index is 13.2. The van der Waals surface area contributed by atoms with Crippen LogP contribution in [0.3, 0.4) is 0 Å². The van der Waals surface area contributed by atoms with Crippen LogP contribution < -0.4 is 16.0 Å². The van der Waals surface area contributed by atoms with Gasteiger partial charge in [0.2, 0.25) is 11.8 Å². The Hall–Kier alpha value is -3.19. The number of halogens is 1. The Bertz CT molecular complexity index is 1240. The zero-order chi connectivity index (χ0) is 37.3. The first-order valence-corrected chi connectivity index (χ1v) is 19.5. The molecule has 2 amide bonds. The number of carbonyl (C=O) groups is 2. The highest BCUT2D eigenvalue weighted by Gasteiger charge is 2.25. The third-order valence-electron chi connectivity index (χ3n) is 9.11. The van der Waals surface area contributed by atoms with Crippen molar-refractivity contribution in [1.29, 1.82) is 0 Å². The van der Waals surface area contributed by atoms with Crippen LogP contribution in [0.5, 0.6) is 0 Å². The lowest BCUT2D eigenvalue weighted by molar-refractivity contribution is -0.129. The molecular formula is C43H71FN4O2. The fourth-order valence-electron chi connectivity index (χ4n) is 5.75. The fraction of sp³-hybridized carbons (Fsp3) is 0.628. The van der Waals surface area contributed by atoms with Gasteiger partial charge in [0.15, 0.2) is 0 Å². The summed E-state index contributed by atoms with van der Waals surface area (Å²) in [7, 11) is 0. The number of amides is 2. The average molecular weight is 695 g/mol. The van der Waals surface area contributed by atoms with Gasteiger partial charge in [-0.25, -0.2) is 4.39 Å². The first-order valence-electron chi connectivity index (χ1n) is 19.5. The number of nitrogens with zero attached hydrogens (tertiary/aromatic N) is 1. The molecule has 1 fully saturated rings. The number of piperidine rings is 1. The molecule has 2 unspecified atom stereocenters. The van der Waals surface area contributed by atoms with Crippen LogP contribution in [0.25, 0.3) is 0 Å². The molecule has 1 aliphatic rings. The molecular weight excluding hydrogens is 623 g/mol. The van der Waals surface area contributed by atoms with Crippen molar-refractivity contribution < 1.29 is 14.0 Å². The number of likely N-dealkylation sites (tertiary alicyclic amines) is 1. The van der Waals surface area contributed by atoms with Gasteiger partial charge in [0.1, 0.15) is 11.9 Å². The van der Waals surface area contributed by atoms with Crippen molar-refractivity contribution >= 4 is 11.8 Å². The molecule has 1 heterocycles. The number of hydrogen-bond acceptors (Lipinski definition) is 4. The van der Waals surface area contributed by atoms with Crippen molar-refractivity contribution in [3.8, 4) is 0 Å². The first-order chi connectivity index (χ1) is 24.0. The van der Waals surface area contributed by atoms with Crippen molar-refractivity contribution in [1.82, 2.24) is 20.9 Å². The molecule has 0 bridgehead atoms. The van der Waals surface area contributed by atoms with Crippen molar-refractivity contribution in [3.05, 3.63) is 82.8 Å². The Labute approximate surface area is 305 Å². The Balaban J connectivity index is 0.000000742. The van der Waals surface area contributed by atoms with Crippen LogP contribution >= 0.6 is 0 Å². The minimum atomic E-state index is -0.553. The lowest BCUT2D eigenvalue weighted by atomic mass is 9.92. The molecule has 50 heavy (non-hydrogen) atoms. The number of rotatable bonds is 18. The molecule has 3 N–H and O–H groups in total. The van der Waals surface area contributed by atoms with Crippen LogP contribution in [0.4, 0.5) is 4.39 Å². The van der Waals surface area contributed by atoms with E-state index in [9.17, 15) is 14.0 Å². The van der Waals surface area contributed by atoms with E-state index in [-0.39, 0.29) is 24.2 Å². The molecule has 0 aromatic heterocycles. The highest BCUT2D eigenvalue weighted by molar-refractivity contribution is 5.88. The number of allylic oxidation sites excluding steroid dienone is 1. The van der Waals surface area contributed by atoms with Gasteiger partial charge in [0.25, 0.3) is 0 Å². The minimum Gasteiger partial charge on any atom is -0.380 e. The second-order valence-electron chi connectivity index (χ2n) is 14.2. The molecule has 2 aromatic rings. The van der Waals surface area contributed by atoms with Gasteiger partial charge < -0.3 is 20.9 Å². The van der Waals surface area contributed by atoms with Crippen molar-refractivity contribution in [3.63, 3.8) is 0 Å². The van der Waals surface area contributed by atoms with Gasteiger partial charge in [-0.2, -0.15) is 0 Å². The summed E-state index contributed by atoms with van der Waals surface area (Å²) in [6.45, 7) is 24.1. The van der Waals surface area contributed by atoms with E-state index in [0.717, 1.165) is 80.8 Å². The molecule has 0 spiro atoms. The molecule has 6 nitrogen and oxygen atoms in total. The summed E-state index contributed by atoms with van der Waals surface area (Å²) in [5.74, 6) is 0.702. The van der Waals surface area contributed by atoms with Gasteiger partial charge >= 0.3 is 0 Å². The van der Waals surface area contributed by atoms with Crippen LogP contribution in [0.15, 0.2) is 54.7 Å². The van der Waals surface area contributed by atoms with Crippen LogP contribution in [-0.2, 0) is 28.9 Å². The van der Waals surface area contributed by atoms with Gasteiger partial charge in [0, 0.05) is 18.8 Å². The second-order valence-corrected chi connectivity index (χ2v) is 14.2. The number of carbonyl (C=O) groups excluding carboxylic acids is 2. The largest absolute Gasteiger partial charge is 0.380 e. The van der Waals surface area contributed by atoms with E-state index in [1.807, 2.05) is 26.0 Å². The summed E-state index contributed by atoms with van der Waals surface area (Å²) < 4.78 is 13.0. The van der Waals surface area contributed by atoms with Crippen LogP contribution in [0.1, 0.15) is 122 Å². The SMILES string of the molecule is C=C(CC)NCC(=O)NC(CN1CCCCC1)C(=O)NCC(C)Cc1ccccc1CC[C@H](C)CC.CCC.CCCc1ccc(C)cc1F. The summed E-state index contributed by atoms with van der Waals surface area (Å²) >= 11 is 0. The third kappa shape index (κ3) is 19.3. The zero-order valence-corrected chi connectivity index (χ0v) is 32.9. The monoisotopic (exact) mass is 695 g/mol. The summed E-state index contributed by atoms with van der Waals surface area (Å²) in [4.78, 5) is 28.0. The molecule has 0 radical (unpaired) electrons. The fourth-order valence-corrected chi connectivity index (χ4v) is 5.75. The average Bonchev–Trinajstić information content (AvgIpc) is 3.11. The molecule has 3 rings (SSSR count). The van der Waals surface area contributed by atoms with Crippen molar-refractivity contribution in [2.24, 2.45) is 11.8 Å². The molecule has 1 saturated heterocycles. The van der Waals surface area contributed by atoms with Crippen molar-refractivity contribution in [2.45, 2.75) is 132 Å². The van der Waals surface area contributed by atoms with Crippen LogP contribution in [0, 0.1) is 24.6 Å². The van der Waals surface area contributed by atoms with Gasteiger partial charge in [-0.15, -0.1) is 0 Å². The smallest absolute Gasteiger partial charge is 0.243 e. The molecule has 282 valence electrons. The summed E-state index contributed by atoms with van der Waals surface area (Å²) in [5.41, 5.74) is 5.44. The highest BCUT2D eigenvalue weighted by Crippen LogP contribution is 2.19. The molecule has 0 saturated carbocycles. The van der Waals surface area contributed by atoms with Gasteiger partial charge in [-0.05, 0) is 105 Å². The first kappa shape index (κ1) is 44.8. The normalized spacial score (nSPS) is 14.5. The maximum absolute atomic E-state index is 13.2. The molecule has 3 atom stereocenters. The third-order valence-corrected chi connectivity index (χ3v) is 9.11. The minimum absolute atomic E-state index is 0.0631. The Morgan fingerprint density at radius 1 is 0.880 bits per heavy atom. The lowest BCUT2D eigenvalue weighted by Gasteiger charge is -2.30. The Morgan fingerprint density at radius 3 is 2.14 bits per heavy atom. The standard InChI is InChI=1S/C30H50N4O2.C10H13F.C3H8/c1-6-23(3)15-16-26-13-9-10-14-27(26)19-24(4)20-32-30(36)28(22-34-17-11-8-12-18-34)33-29(35)21-31-25(5)7-2;1-3-4-9-6-5-8(2)7-10(9)11;1-3-2/h9-10,13-14,23-24,28,31H,5-8,11-12,15-22H2,1-4H3,(H,32,36)(H,33,35);5-7H,3-4H2,1-2H3;3H2,1-2H3/t23-,24?,28?;;/m1../s1. The lowest BCUT2D eigenvalue weighted by Crippen LogP contribution is -2.55. The topological polar surface area (TPSA) is 73.5 Å². The number of aryl methyl sites for hydroxylation is 3. The quantitative estimate of drug-likeness (QED) is 0.146.